The van der Waals surface area contributed by atoms with Gasteiger partial charge in [0.05, 0.1) is 11.4 Å². The fraction of sp³-hybridized carbons (Fsp3) is 0.111. The summed E-state index contributed by atoms with van der Waals surface area (Å²) in [4.78, 5) is 50.7. The highest BCUT2D eigenvalue weighted by Gasteiger charge is 2.33. The SMILES string of the molecule is CC(=O)N(C(=O)C(=O)N(C(C)=O)c1cccc(N)c1)c1cccc(N)c1. The number of carbonyl (C=O) groups excluding carboxylic acids is 4. The number of anilines is 4. The Bertz CT molecular complexity index is 821. The first-order chi connectivity index (χ1) is 12.2. The Morgan fingerprint density at radius 1 is 0.692 bits per heavy atom. The first-order valence-corrected chi connectivity index (χ1v) is 7.63. The molecule has 2 aromatic carbocycles. The summed E-state index contributed by atoms with van der Waals surface area (Å²) in [5, 5.41) is 0. The minimum Gasteiger partial charge on any atom is -0.399 e. The zero-order valence-electron chi connectivity index (χ0n) is 14.3. The molecular formula is C18H18N4O4. The predicted octanol–water partition coefficient (Wildman–Crippen LogP) is 1.31. The van der Waals surface area contributed by atoms with Crippen LogP contribution < -0.4 is 21.3 Å². The molecule has 0 aliphatic carbocycles. The van der Waals surface area contributed by atoms with Crippen molar-refractivity contribution in [1.29, 1.82) is 0 Å². The van der Waals surface area contributed by atoms with Crippen LogP contribution in [0.15, 0.2) is 48.5 Å². The summed E-state index contributed by atoms with van der Waals surface area (Å²) >= 11 is 0. The number of amides is 4. The fourth-order valence-electron chi connectivity index (χ4n) is 2.40. The van der Waals surface area contributed by atoms with E-state index in [4.69, 9.17) is 11.5 Å². The number of benzene rings is 2. The smallest absolute Gasteiger partial charge is 0.324 e. The molecule has 8 nitrogen and oxygen atoms in total. The van der Waals surface area contributed by atoms with E-state index >= 15 is 0 Å². The Balaban J connectivity index is 2.45. The second-order valence-corrected chi connectivity index (χ2v) is 5.51. The van der Waals surface area contributed by atoms with Gasteiger partial charge in [-0.3, -0.25) is 19.2 Å². The zero-order chi connectivity index (χ0) is 19.4. The topological polar surface area (TPSA) is 127 Å². The standard InChI is InChI=1S/C18H18N4O4/c1-11(23)21(15-7-3-5-13(19)9-15)17(25)18(26)22(12(2)24)16-8-4-6-14(20)10-16/h3-10H,19-20H2,1-2H3. The Morgan fingerprint density at radius 3 is 1.31 bits per heavy atom. The number of imide groups is 2. The van der Waals surface area contributed by atoms with Gasteiger partial charge in [0, 0.05) is 25.2 Å². The molecule has 8 heteroatoms. The van der Waals surface area contributed by atoms with Gasteiger partial charge < -0.3 is 11.5 Å². The number of nitrogens with two attached hydrogens (primary N) is 2. The summed E-state index contributed by atoms with van der Waals surface area (Å²) in [6, 6.07) is 11.9. The highest BCUT2D eigenvalue weighted by molar-refractivity contribution is 6.52. The van der Waals surface area contributed by atoms with Crippen molar-refractivity contribution in [2.75, 3.05) is 21.3 Å². The van der Waals surface area contributed by atoms with Crippen molar-refractivity contribution in [3.05, 3.63) is 48.5 Å². The van der Waals surface area contributed by atoms with Crippen molar-refractivity contribution >= 4 is 46.4 Å². The number of carbonyl (C=O) groups is 4. The number of hydrogen-bond donors (Lipinski definition) is 2. The van der Waals surface area contributed by atoms with Gasteiger partial charge >= 0.3 is 11.8 Å². The molecule has 0 aromatic heterocycles. The molecule has 0 saturated heterocycles. The third kappa shape index (κ3) is 3.86. The summed E-state index contributed by atoms with van der Waals surface area (Å²) in [5.41, 5.74) is 12.2. The minimum absolute atomic E-state index is 0.131. The number of nitrogens with zero attached hydrogens (tertiary/aromatic N) is 2. The van der Waals surface area contributed by atoms with E-state index in [1.807, 2.05) is 0 Å². The molecule has 134 valence electrons. The second kappa shape index (κ2) is 7.47. The number of nitrogen functional groups attached to an aromatic ring is 2. The molecule has 0 radical (unpaired) electrons. The zero-order valence-corrected chi connectivity index (χ0v) is 14.3. The van der Waals surface area contributed by atoms with Crippen LogP contribution in [0.5, 0.6) is 0 Å². The first kappa shape index (κ1) is 18.7. The van der Waals surface area contributed by atoms with E-state index in [0.717, 1.165) is 13.8 Å². The van der Waals surface area contributed by atoms with Gasteiger partial charge in [0.1, 0.15) is 0 Å². The van der Waals surface area contributed by atoms with Gasteiger partial charge in [-0.05, 0) is 36.4 Å². The summed E-state index contributed by atoms with van der Waals surface area (Å²) < 4.78 is 0. The van der Waals surface area contributed by atoms with Crippen LogP contribution in [0.3, 0.4) is 0 Å². The molecule has 2 rings (SSSR count). The van der Waals surface area contributed by atoms with Gasteiger partial charge in [0.25, 0.3) is 0 Å². The van der Waals surface area contributed by atoms with Crippen LogP contribution in [-0.2, 0) is 19.2 Å². The van der Waals surface area contributed by atoms with Crippen molar-refractivity contribution in [3.63, 3.8) is 0 Å². The number of hydrogen-bond acceptors (Lipinski definition) is 6. The maximum Gasteiger partial charge on any atom is 0.324 e. The molecule has 0 saturated carbocycles. The molecule has 0 spiro atoms. The lowest BCUT2D eigenvalue weighted by Gasteiger charge is -2.23. The summed E-state index contributed by atoms with van der Waals surface area (Å²) in [5.74, 6) is -3.74. The molecule has 0 heterocycles. The maximum atomic E-state index is 12.7. The molecule has 4 amide bonds. The lowest BCUT2D eigenvalue weighted by atomic mass is 10.2. The van der Waals surface area contributed by atoms with E-state index in [2.05, 4.69) is 0 Å². The van der Waals surface area contributed by atoms with Gasteiger partial charge in [-0.1, -0.05) is 12.1 Å². The Kier molecular flexibility index (Phi) is 5.36. The predicted molar refractivity (Wildman–Crippen MR) is 98.0 cm³/mol. The summed E-state index contributed by atoms with van der Waals surface area (Å²) in [7, 11) is 0. The van der Waals surface area contributed by atoms with Crippen LogP contribution in [0.2, 0.25) is 0 Å². The van der Waals surface area contributed by atoms with Crippen LogP contribution >= 0.6 is 0 Å². The molecule has 0 aliphatic heterocycles. The quantitative estimate of drug-likeness (QED) is 0.618. The lowest BCUT2D eigenvalue weighted by molar-refractivity contribution is -0.139. The lowest BCUT2D eigenvalue weighted by Crippen LogP contribution is -2.49. The van der Waals surface area contributed by atoms with E-state index in [-0.39, 0.29) is 11.4 Å². The summed E-state index contributed by atoms with van der Waals surface area (Å²) in [6.45, 7) is 2.26. The van der Waals surface area contributed by atoms with Crippen LogP contribution in [0.25, 0.3) is 0 Å². The van der Waals surface area contributed by atoms with Crippen molar-refractivity contribution in [2.24, 2.45) is 0 Å². The van der Waals surface area contributed by atoms with Crippen LogP contribution in [0, 0.1) is 0 Å². The Morgan fingerprint density at radius 2 is 1.04 bits per heavy atom. The van der Waals surface area contributed by atoms with Crippen molar-refractivity contribution in [1.82, 2.24) is 0 Å². The van der Waals surface area contributed by atoms with Gasteiger partial charge in [-0.25, -0.2) is 9.80 Å². The van der Waals surface area contributed by atoms with Gasteiger partial charge in [0.2, 0.25) is 11.8 Å². The van der Waals surface area contributed by atoms with Crippen molar-refractivity contribution in [2.45, 2.75) is 13.8 Å². The molecule has 0 aliphatic rings. The normalized spacial score (nSPS) is 10.1. The Hall–Kier alpha value is -3.68. The van der Waals surface area contributed by atoms with Gasteiger partial charge in [-0.2, -0.15) is 0 Å². The van der Waals surface area contributed by atoms with E-state index < -0.39 is 23.6 Å². The van der Waals surface area contributed by atoms with E-state index in [1.54, 1.807) is 24.3 Å². The van der Waals surface area contributed by atoms with Gasteiger partial charge in [-0.15, -0.1) is 0 Å². The monoisotopic (exact) mass is 354 g/mol. The first-order valence-electron chi connectivity index (χ1n) is 7.63. The van der Waals surface area contributed by atoms with Crippen LogP contribution in [-0.4, -0.2) is 23.6 Å². The van der Waals surface area contributed by atoms with Crippen molar-refractivity contribution in [3.8, 4) is 0 Å². The van der Waals surface area contributed by atoms with E-state index in [1.165, 1.54) is 24.3 Å². The molecule has 0 fully saturated rings. The molecule has 0 unspecified atom stereocenters. The largest absolute Gasteiger partial charge is 0.399 e. The minimum atomic E-state index is -1.18. The van der Waals surface area contributed by atoms with E-state index in [0.29, 0.717) is 21.2 Å². The molecule has 4 N–H and O–H groups in total. The second-order valence-electron chi connectivity index (χ2n) is 5.51. The molecule has 2 aromatic rings. The Labute approximate surface area is 150 Å². The molecule has 26 heavy (non-hydrogen) atoms. The highest BCUT2D eigenvalue weighted by atomic mass is 16.2. The average molecular weight is 354 g/mol. The van der Waals surface area contributed by atoms with Gasteiger partial charge in [0.15, 0.2) is 0 Å². The van der Waals surface area contributed by atoms with E-state index in [9.17, 15) is 19.2 Å². The fourth-order valence-corrected chi connectivity index (χ4v) is 2.40. The third-order valence-electron chi connectivity index (χ3n) is 3.48. The van der Waals surface area contributed by atoms with Crippen LogP contribution in [0.1, 0.15) is 13.8 Å². The van der Waals surface area contributed by atoms with Crippen LogP contribution in [0.4, 0.5) is 22.7 Å². The maximum absolute atomic E-state index is 12.7. The summed E-state index contributed by atoms with van der Waals surface area (Å²) in [6.07, 6.45) is 0. The third-order valence-corrected chi connectivity index (χ3v) is 3.48. The highest BCUT2D eigenvalue weighted by Crippen LogP contribution is 2.22. The van der Waals surface area contributed by atoms with Crippen molar-refractivity contribution < 1.29 is 19.2 Å². The number of rotatable bonds is 2. The molecule has 0 bridgehead atoms. The molecular weight excluding hydrogens is 336 g/mol. The average Bonchev–Trinajstić information content (AvgIpc) is 2.54. The molecule has 0 atom stereocenters.